The van der Waals surface area contributed by atoms with Crippen molar-refractivity contribution in [3.8, 4) is 0 Å². The minimum atomic E-state index is -4.59. The first-order valence-electron chi connectivity index (χ1n) is 7.63. The molecule has 0 spiro atoms. The molecule has 5 nitrogen and oxygen atoms in total. The molecule has 27 heavy (non-hydrogen) atoms. The van der Waals surface area contributed by atoms with Crippen molar-refractivity contribution in [3.05, 3.63) is 87.1 Å². The monoisotopic (exact) mass is 375 g/mol. The fourth-order valence-corrected chi connectivity index (χ4v) is 2.43. The van der Waals surface area contributed by atoms with Crippen molar-refractivity contribution in [2.75, 3.05) is 5.73 Å². The topological polar surface area (TPSA) is 86.4 Å². The van der Waals surface area contributed by atoms with Gasteiger partial charge in [-0.15, -0.1) is 0 Å². The third kappa shape index (κ3) is 4.17. The van der Waals surface area contributed by atoms with E-state index in [4.69, 9.17) is 10.2 Å². The standard InChI is InChI=1S/C10H6F3NO2.C9H6O2/c11-10(12,13)7-4-9(15)16-8-3-5(14)1-2-6(7)8;10-9-6-5-7-3-1-2-4-8(7)11-9/h1-4H,14H2;1-6H. The fourth-order valence-electron chi connectivity index (χ4n) is 2.43. The second-order valence-electron chi connectivity index (χ2n) is 5.52. The van der Waals surface area contributed by atoms with E-state index in [0.717, 1.165) is 5.39 Å². The number of para-hydroxylation sites is 1. The Kier molecular flexibility index (Phi) is 4.72. The Morgan fingerprint density at radius 1 is 0.778 bits per heavy atom. The van der Waals surface area contributed by atoms with Gasteiger partial charge < -0.3 is 14.6 Å². The van der Waals surface area contributed by atoms with Crippen molar-refractivity contribution < 1.29 is 22.0 Å². The van der Waals surface area contributed by atoms with Gasteiger partial charge in [-0.3, -0.25) is 0 Å². The van der Waals surface area contributed by atoms with E-state index in [9.17, 15) is 22.8 Å². The highest BCUT2D eigenvalue weighted by molar-refractivity contribution is 5.83. The summed E-state index contributed by atoms with van der Waals surface area (Å²) >= 11 is 0. The minimum absolute atomic E-state index is 0.167. The van der Waals surface area contributed by atoms with Crippen molar-refractivity contribution in [1.29, 1.82) is 0 Å². The largest absolute Gasteiger partial charge is 0.423 e. The Bertz CT molecular complexity index is 1230. The first kappa shape index (κ1) is 18.2. The van der Waals surface area contributed by atoms with Crippen LogP contribution in [0, 0.1) is 0 Å². The molecular formula is C19H12F3NO4. The molecule has 2 aromatic heterocycles. The van der Waals surface area contributed by atoms with E-state index in [1.165, 1.54) is 24.3 Å². The number of hydrogen-bond donors (Lipinski definition) is 1. The van der Waals surface area contributed by atoms with Crippen LogP contribution in [0.3, 0.4) is 0 Å². The molecule has 0 atom stereocenters. The predicted octanol–water partition coefficient (Wildman–Crippen LogP) is 4.19. The highest BCUT2D eigenvalue weighted by Gasteiger charge is 2.33. The summed E-state index contributed by atoms with van der Waals surface area (Å²) in [7, 11) is 0. The lowest BCUT2D eigenvalue weighted by Gasteiger charge is -2.08. The third-order valence-electron chi connectivity index (χ3n) is 3.60. The highest BCUT2D eigenvalue weighted by Crippen LogP contribution is 2.34. The molecule has 0 saturated heterocycles. The van der Waals surface area contributed by atoms with Crippen molar-refractivity contribution >= 4 is 27.6 Å². The zero-order valence-electron chi connectivity index (χ0n) is 13.6. The summed E-state index contributed by atoms with van der Waals surface area (Å²) in [5.41, 5.74) is 3.73. The lowest BCUT2D eigenvalue weighted by molar-refractivity contribution is -0.136. The smallest absolute Gasteiger partial charge is 0.417 e. The predicted molar refractivity (Wildman–Crippen MR) is 94.4 cm³/mol. The minimum Gasteiger partial charge on any atom is -0.423 e. The van der Waals surface area contributed by atoms with E-state index in [2.05, 4.69) is 4.42 Å². The van der Waals surface area contributed by atoms with Crippen LogP contribution in [-0.4, -0.2) is 0 Å². The first-order chi connectivity index (χ1) is 12.7. The molecule has 8 heteroatoms. The van der Waals surface area contributed by atoms with E-state index in [1.54, 1.807) is 12.1 Å². The molecule has 4 rings (SSSR count). The SMILES string of the molecule is Nc1ccc2c(C(F)(F)F)cc(=O)oc2c1.O=c1ccc2ccccc2o1. The number of rotatable bonds is 0. The van der Waals surface area contributed by atoms with Gasteiger partial charge in [0.2, 0.25) is 0 Å². The van der Waals surface area contributed by atoms with E-state index in [0.29, 0.717) is 11.6 Å². The van der Waals surface area contributed by atoms with Crippen molar-refractivity contribution in [3.63, 3.8) is 0 Å². The van der Waals surface area contributed by atoms with Gasteiger partial charge in [0, 0.05) is 34.7 Å². The lowest BCUT2D eigenvalue weighted by Crippen LogP contribution is -2.11. The number of alkyl halides is 3. The number of fused-ring (bicyclic) bond motifs is 2. The molecule has 0 aliphatic heterocycles. The summed E-state index contributed by atoms with van der Waals surface area (Å²) in [4.78, 5) is 21.7. The summed E-state index contributed by atoms with van der Waals surface area (Å²) in [6, 6.07) is 14.7. The Morgan fingerprint density at radius 3 is 2.22 bits per heavy atom. The van der Waals surface area contributed by atoms with Gasteiger partial charge in [-0.05, 0) is 24.3 Å². The van der Waals surface area contributed by atoms with Crippen molar-refractivity contribution in [2.24, 2.45) is 0 Å². The maximum Gasteiger partial charge on any atom is 0.417 e. The number of nitrogens with two attached hydrogens (primary N) is 1. The molecule has 4 aromatic rings. The van der Waals surface area contributed by atoms with Gasteiger partial charge >= 0.3 is 17.4 Å². The molecule has 0 unspecified atom stereocenters. The van der Waals surface area contributed by atoms with Gasteiger partial charge in [0.1, 0.15) is 11.2 Å². The van der Waals surface area contributed by atoms with Crippen LogP contribution >= 0.6 is 0 Å². The molecule has 0 radical (unpaired) electrons. The van der Waals surface area contributed by atoms with Gasteiger partial charge in [-0.25, -0.2) is 9.59 Å². The van der Waals surface area contributed by atoms with E-state index in [1.807, 2.05) is 18.2 Å². The van der Waals surface area contributed by atoms with Crippen LogP contribution in [-0.2, 0) is 6.18 Å². The van der Waals surface area contributed by atoms with Crippen LogP contribution in [0.5, 0.6) is 0 Å². The first-order valence-corrected chi connectivity index (χ1v) is 7.63. The average molecular weight is 375 g/mol. The summed E-state index contributed by atoms with van der Waals surface area (Å²) in [5.74, 6) is 0. The van der Waals surface area contributed by atoms with Crippen LogP contribution < -0.4 is 17.0 Å². The Morgan fingerprint density at radius 2 is 1.48 bits per heavy atom. The van der Waals surface area contributed by atoms with Gasteiger partial charge in [0.15, 0.2) is 0 Å². The van der Waals surface area contributed by atoms with E-state index in [-0.39, 0.29) is 22.3 Å². The Balaban J connectivity index is 0.000000166. The van der Waals surface area contributed by atoms with Gasteiger partial charge in [-0.2, -0.15) is 13.2 Å². The number of halogens is 3. The third-order valence-corrected chi connectivity index (χ3v) is 3.60. The second kappa shape index (κ2) is 6.99. The molecule has 0 amide bonds. The number of benzene rings is 2. The summed E-state index contributed by atoms with van der Waals surface area (Å²) in [5, 5.41) is 0.772. The highest BCUT2D eigenvalue weighted by atomic mass is 19.4. The Labute approximate surface area is 149 Å². The maximum absolute atomic E-state index is 12.6. The molecule has 0 aliphatic rings. The number of nitrogen functional groups attached to an aromatic ring is 1. The molecule has 0 fully saturated rings. The zero-order chi connectivity index (χ0) is 19.6. The van der Waals surface area contributed by atoms with Gasteiger partial charge in [0.25, 0.3) is 0 Å². The summed E-state index contributed by atoms with van der Waals surface area (Å²) < 4.78 is 47.3. The molecular weight excluding hydrogens is 363 g/mol. The molecule has 2 N–H and O–H groups in total. The second-order valence-corrected chi connectivity index (χ2v) is 5.52. The van der Waals surface area contributed by atoms with E-state index < -0.39 is 17.4 Å². The van der Waals surface area contributed by atoms with Crippen molar-refractivity contribution in [2.45, 2.75) is 6.18 Å². The van der Waals surface area contributed by atoms with Crippen LogP contribution in [0.25, 0.3) is 21.9 Å². The molecule has 0 saturated carbocycles. The van der Waals surface area contributed by atoms with Crippen molar-refractivity contribution in [1.82, 2.24) is 0 Å². The maximum atomic E-state index is 12.6. The van der Waals surface area contributed by atoms with Crippen LogP contribution in [0.4, 0.5) is 18.9 Å². The lowest BCUT2D eigenvalue weighted by atomic mass is 10.1. The summed E-state index contributed by atoms with van der Waals surface area (Å²) in [6.45, 7) is 0. The molecule has 2 aromatic carbocycles. The Hall–Kier alpha value is -3.55. The molecule has 0 bridgehead atoms. The molecule has 0 aliphatic carbocycles. The van der Waals surface area contributed by atoms with Gasteiger partial charge in [0.05, 0.1) is 5.56 Å². The summed E-state index contributed by atoms with van der Waals surface area (Å²) in [6.07, 6.45) is -4.59. The quantitative estimate of drug-likeness (QED) is 0.368. The van der Waals surface area contributed by atoms with Crippen LogP contribution in [0.2, 0.25) is 0 Å². The van der Waals surface area contributed by atoms with E-state index >= 15 is 0 Å². The van der Waals surface area contributed by atoms with Crippen LogP contribution in [0.15, 0.2) is 79.1 Å². The molecule has 2 heterocycles. The van der Waals surface area contributed by atoms with Crippen LogP contribution in [0.1, 0.15) is 5.56 Å². The fraction of sp³-hybridized carbons (Fsp3) is 0.0526. The number of hydrogen-bond acceptors (Lipinski definition) is 5. The van der Waals surface area contributed by atoms with Gasteiger partial charge in [-0.1, -0.05) is 18.2 Å². The number of anilines is 1. The average Bonchev–Trinajstić information content (AvgIpc) is 2.60. The normalized spacial score (nSPS) is 11.2. The molecule has 138 valence electrons. The zero-order valence-corrected chi connectivity index (χ0v) is 13.6.